The molecule has 1 fully saturated rings. The number of likely N-dealkylation sites (N-methyl/N-ethyl adjacent to an activating group) is 1. The first-order chi connectivity index (χ1) is 16.3. The van der Waals surface area contributed by atoms with Gasteiger partial charge >= 0.3 is 0 Å². The minimum absolute atomic E-state index is 0.0706. The van der Waals surface area contributed by atoms with Gasteiger partial charge in [0.25, 0.3) is 0 Å². The number of Topliss-reactive ketones (excluding diaryl/α,β-unsaturated/α-hetero) is 1. The van der Waals surface area contributed by atoms with E-state index in [2.05, 4.69) is 70.4 Å². The number of aromatic nitrogens is 4. The zero-order valence-electron chi connectivity index (χ0n) is 20.7. The molecule has 2 aliphatic rings. The first kappa shape index (κ1) is 22.5. The van der Waals surface area contributed by atoms with Crippen molar-refractivity contribution in [2.75, 3.05) is 43.4 Å². The van der Waals surface area contributed by atoms with Crippen LogP contribution >= 0.6 is 0 Å². The molecule has 1 aromatic carbocycles. The number of carbonyl (C=O) groups excluding carboxylic acids is 1. The highest BCUT2D eigenvalue weighted by Crippen LogP contribution is 2.44. The van der Waals surface area contributed by atoms with Gasteiger partial charge in [0, 0.05) is 62.8 Å². The molecule has 3 aromatic rings. The highest BCUT2D eigenvalue weighted by molar-refractivity contribution is 5.98. The molecule has 0 atom stereocenters. The van der Waals surface area contributed by atoms with Gasteiger partial charge in [0.05, 0.1) is 11.4 Å². The van der Waals surface area contributed by atoms with Gasteiger partial charge in [-0.25, -0.2) is 9.97 Å². The van der Waals surface area contributed by atoms with E-state index in [1.165, 1.54) is 5.69 Å². The number of aryl methyl sites for hydroxylation is 1. The van der Waals surface area contributed by atoms with Crippen LogP contribution in [-0.4, -0.2) is 63.7 Å². The predicted molar refractivity (Wildman–Crippen MR) is 135 cm³/mol. The van der Waals surface area contributed by atoms with E-state index in [9.17, 15) is 4.79 Å². The van der Waals surface area contributed by atoms with Gasteiger partial charge in [-0.1, -0.05) is 20.8 Å². The molecule has 1 aliphatic heterocycles. The fraction of sp³-hybridized carbons (Fsp3) is 0.462. The molecule has 1 N–H and O–H groups in total. The van der Waals surface area contributed by atoms with Crippen LogP contribution in [-0.2, 0) is 18.9 Å². The Bertz CT molecular complexity index is 1220. The number of nitrogens with one attached hydrogen (secondary N) is 1. The molecule has 0 spiro atoms. The number of piperazine rings is 1. The quantitative estimate of drug-likeness (QED) is 0.582. The molecule has 0 saturated carbocycles. The van der Waals surface area contributed by atoms with Crippen molar-refractivity contribution in [3.63, 3.8) is 0 Å². The van der Waals surface area contributed by atoms with E-state index >= 15 is 0 Å². The van der Waals surface area contributed by atoms with E-state index in [-0.39, 0.29) is 11.2 Å². The van der Waals surface area contributed by atoms with Crippen molar-refractivity contribution in [2.45, 2.75) is 39.0 Å². The first-order valence-electron chi connectivity index (χ1n) is 12.0. The van der Waals surface area contributed by atoms with E-state index in [0.717, 1.165) is 60.8 Å². The van der Waals surface area contributed by atoms with Gasteiger partial charge < -0.3 is 15.1 Å². The zero-order chi connectivity index (χ0) is 24.0. The molecule has 0 amide bonds. The molecule has 0 bridgehead atoms. The van der Waals surface area contributed by atoms with Crippen molar-refractivity contribution in [1.82, 2.24) is 24.6 Å². The van der Waals surface area contributed by atoms with Crippen molar-refractivity contribution < 1.29 is 4.79 Å². The van der Waals surface area contributed by atoms with Crippen molar-refractivity contribution in [3.8, 4) is 11.4 Å². The second kappa shape index (κ2) is 8.51. The molecular weight excluding hydrogens is 426 g/mol. The van der Waals surface area contributed by atoms with Gasteiger partial charge in [-0.05, 0) is 48.7 Å². The third-order valence-corrected chi connectivity index (χ3v) is 7.02. The van der Waals surface area contributed by atoms with Crippen LogP contribution in [0.5, 0.6) is 0 Å². The largest absolute Gasteiger partial charge is 0.369 e. The fourth-order valence-electron chi connectivity index (χ4n) is 5.11. The van der Waals surface area contributed by atoms with Gasteiger partial charge in [0.2, 0.25) is 5.95 Å². The van der Waals surface area contributed by atoms with Crippen molar-refractivity contribution in [3.05, 3.63) is 47.3 Å². The molecule has 0 unspecified atom stereocenters. The standard InChI is InChI=1S/C26H33N7O/c1-6-20(34)23-21-24(32(5)30-23)22-17(15-26(21,2)3)16-27-25(29-22)28-18-7-9-19(10-8-18)33-13-11-31(4)12-14-33/h7-10,16H,6,11-15H2,1-5H3,(H,27,28,29). The minimum Gasteiger partial charge on any atom is -0.369 e. The average Bonchev–Trinajstić information content (AvgIpc) is 3.18. The highest BCUT2D eigenvalue weighted by atomic mass is 16.1. The monoisotopic (exact) mass is 459 g/mol. The van der Waals surface area contributed by atoms with Crippen molar-refractivity contribution >= 4 is 23.1 Å². The molecule has 1 saturated heterocycles. The fourth-order valence-corrected chi connectivity index (χ4v) is 5.11. The molecule has 8 nitrogen and oxygen atoms in total. The second-order valence-electron chi connectivity index (χ2n) is 10.1. The number of benzene rings is 1. The predicted octanol–water partition coefficient (Wildman–Crippen LogP) is 3.80. The Morgan fingerprint density at radius 1 is 1.09 bits per heavy atom. The van der Waals surface area contributed by atoms with E-state index in [1.54, 1.807) is 4.68 Å². The van der Waals surface area contributed by atoms with Crippen LogP contribution in [0.4, 0.5) is 17.3 Å². The van der Waals surface area contributed by atoms with Crippen LogP contribution in [0, 0.1) is 0 Å². The number of hydrogen-bond donors (Lipinski definition) is 1. The summed E-state index contributed by atoms with van der Waals surface area (Å²) < 4.78 is 1.81. The molecule has 5 rings (SSSR count). The summed E-state index contributed by atoms with van der Waals surface area (Å²) in [6.07, 6.45) is 3.11. The Labute approximate surface area is 201 Å². The summed E-state index contributed by atoms with van der Waals surface area (Å²) in [6, 6.07) is 8.45. The molecule has 3 heterocycles. The van der Waals surface area contributed by atoms with E-state index in [1.807, 2.05) is 20.2 Å². The van der Waals surface area contributed by atoms with Crippen molar-refractivity contribution in [2.24, 2.45) is 7.05 Å². The van der Waals surface area contributed by atoms with Crippen LogP contribution in [0.15, 0.2) is 30.5 Å². The maximum atomic E-state index is 12.6. The van der Waals surface area contributed by atoms with Crippen LogP contribution in [0.2, 0.25) is 0 Å². The second-order valence-corrected chi connectivity index (χ2v) is 10.1. The number of ketones is 1. The van der Waals surface area contributed by atoms with Gasteiger partial charge in [-0.15, -0.1) is 0 Å². The molecule has 178 valence electrons. The molecule has 1 aliphatic carbocycles. The van der Waals surface area contributed by atoms with Gasteiger partial charge in [-0.2, -0.15) is 5.10 Å². The van der Waals surface area contributed by atoms with Gasteiger partial charge in [0.15, 0.2) is 5.78 Å². The molecule has 34 heavy (non-hydrogen) atoms. The Balaban J connectivity index is 1.43. The lowest BCUT2D eigenvalue weighted by Gasteiger charge is -2.34. The third-order valence-electron chi connectivity index (χ3n) is 7.02. The summed E-state index contributed by atoms with van der Waals surface area (Å²) >= 11 is 0. The Morgan fingerprint density at radius 2 is 1.79 bits per heavy atom. The van der Waals surface area contributed by atoms with Crippen molar-refractivity contribution in [1.29, 1.82) is 0 Å². The normalized spacial score (nSPS) is 17.3. The highest BCUT2D eigenvalue weighted by Gasteiger charge is 2.39. The zero-order valence-corrected chi connectivity index (χ0v) is 20.7. The van der Waals surface area contributed by atoms with Crippen LogP contribution < -0.4 is 10.2 Å². The average molecular weight is 460 g/mol. The van der Waals surface area contributed by atoms with Crippen LogP contribution in [0.1, 0.15) is 48.8 Å². The molecule has 8 heteroatoms. The maximum absolute atomic E-state index is 12.6. The number of carbonyl (C=O) groups is 1. The maximum Gasteiger partial charge on any atom is 0.227 e. The summed E-state index contributed by atoms with van der Waals surface area (Å²) in [5.41, 5.74) is 6.38. The summed E-state index contributed by atoms with van der Waals surface area (Å²) in [6.45, 7) is 10.5. The number of nitrogens with zero attached hydrogens (tertiary/aromatic N) is 6. The molecular formula is C26H33N7O. The van der Waals surface area contributed by atoms with E-state index < -0.39 is 0 Å². The molecule has 2 aromatic heterocycles. The lowest BCUT2D eigenvalue weighted by Crippen LogP contribution is -2.44. The topological polar surface area (TPSA) is 79.2 Å². The summed E-state index contributed by atoms with van der Waals surface area (Å²) in [5, 5.41) is 7.97. The van der Waals surface area contributed by atoms with Gasteiger partial charge in [-0.3, -0.25) is 9.48 Å². The van der Waals surface area contributed by atoms with Gasteiger partial charge in [0.1, 0.15) is 5.69 Å². The smallest absolute Gasteiger partial charge is 0.227 e. The van der Waals surface area contributed by atoms with E-state index in [4.69, 9.17) is 4.98 Å². The first-order valence-corrected chi connectivity index (χ1v) is 12.0. The van der Waals surface area contributed by atoms with Crippen LogP contribution in [0.3, 0.4) is 0 Å². The van der Waals surface area contributed by atoms with Crippen LogP contribution in [0.25, 0.3) is 11.4 Å². The summed E-state index contributed by atoms with van der Waals surface area (Å²) in [4.78, 5) is 26.9. The lowest BCUT2D eigenvalue weighted by molar-refractivity contribution is 0.0980. The Morgan fingerprint density at radius 3 is 2.47 bits per heavy atom. The minimum atomic E-state index is -0.214. The lowest BCUT2D eigenvalue weighted by atomic mass is 9.72. The van der Waals surface area contributed by atoms with E-state index in [0.29, 0.717) is 18.1 Å². The summed E-state index contributed by atoms with van der Waals surface area (Å²) in [7, 11) is 4.06. The SMILES string of the molecule is CCC(=O)c1nn(C)c2c1C(C)(C)Cc1cnc(Nc3ccc(N4CCN(C)CC4)cc3)nc1-2. The number of fused-ring (bicyclic) bond motifs is 3. The third kappa shape index (κ3) is 3.96. The summed E-state index contributed by atoms with van der Waals surface area (Å²) in [5.74, 6) is 0.613. The molecule has 0 radical (unpaired) electrons. The number of hydrogen-bond acceptors (Lipinski definition) is 7. The Kier molecular flexibility index (Phi) is 5.64. The number of rotatable bonds is 5. The Hall–Kier alpha value is -3.26. The number of anilines is 3.